The summed E-state index contributed by atoms with van der Waals surface area (Å²) in [4.78, 5) is 0. The lowest BCUT2D eigenvalue weighted by molar-refractivity contribution is 0.135. The maximum absolute atomic E-state index is 12.8. The minimum Gasteiger partial charge on any atom is -0.399 e. The zero-order chi connectivity index (χ0) is 17.0. The van der Waals surface area contributed by atoms with Crippen LogP contribution in [0.4, 0.5) is 10.1 Å². The zero-order valence-corrected chi connectivity index (χ0v) is 13.2. The van der Waals surface area contributed by atoms with Crippen LogP contribution in [0.5, 0.6) is 5.75 Å². The van der Waals surface area contributed by atoms with Gasteiger partial charge in [-0.3, -0.25) is 5.32 Å². The molecule has 23 heavy (non-hydrogen) atoms. The highest BCUT2D eigenvalue weighted by atomic mass is 32.2. The molecule has 6 nitrogen and oxygen atoms in total. The van der Waals surface area contributed by atoms with E-state index in [1.54, 1.807) is 12.1 Å². The summed E-state index contributed by atoms with van der Waals surface area (Å²) in [6.07, 6.45) is -0.282. The van der Waals surface area contributed by atoms with Crippen molar-refractivity contribution in [3.05, 3.63) is 59.4 Å². The van der Waals surface area contributed by atoms with Gasteiger partial charge in [-0.15, -0.1) is 0 Å². The second kappa shape index (κ2) is 6.95. The van der Waals surface area contributed by atoms with Gasteiger partial charge in [-0.05, 0) is 29.8 Å². The summed E-state index contributed by atoms with van der Waals surface area (Å²) in [6.45, 7) is 0.254. The van der Waals surface area contributed by atoms with E-state index in [0.717, 1.165) is 11.8 Å². The summed E-state index contributed by atoms with van der Waals surface area (Å²) < 4.78 is 40.3. The number of nitrogens with one attached hydrogen (secondary N) is 1. The van der Waals surface area contributed by atoms with Crippen LogP contribution in [0.15, 0.2) is 42.5 Å². The SMILES string of the molecule is CS(=O)(=O)Oc1cc(N)ccc1C(O)NCc1ccc(F)cc1. The Morgan fingerprint density at radius 2 is 1.91 bits per heavy atom. The number of benzene rings is 2. The Bertz CT molecular complexity index is 779. The lowest BCUT2D eigenvalue weighted by atomic mass is 10.1. The van der Waals surface area contributed by atoms with E-state index in [2.05, 4.69) is 5.32 Å². The van der Waals surface area contributed by atoms with Gasteiger partial charge in [0.2, 0.25) is 0 Å². The number of rotatable bonds is 6. The quantitative estimate of drug-likeness (QED) is 0.419. The van der Waals surface area contributed by atoms with Crippen molar-refractivity contribution in [2.24, 2.45) is 0 Å². The number of anilines is 1. The van der Waals surface area contributed by atoms with Gasteiger partial charge >= 0.3 is 10.1 Å². The van der Waals surface area contributed by atoms with Gasteiger partial charge in [-0.1, -0.05) is 12.1 Å². The Kier molecular flexibility index (Phi) is 5.19. The lowest BCUT2D eigenvalue weighted by Crippen LogP contribution is -2.21. The maximum atomic E-state index is 12.8. The Hall–Kier alpha value is -2.16. The van der Waals surface area contributed by atoms with Crippen LogP contribution in [0.25, 0.3) is 0 Å². The van der Waals surface area contributed by atoms with E-state index in [0.29, 0.717) is 5.69 Å². The molecular weight excluding hydrogens is 323 g/mol. The standard InChI is InChI=1S/C15H17FN2O4S/c1-23(20,21)22-14-8-12(17)6-7-13(14)15(19)18-9-10-2-4-11(16)5-3-10/h2-8,15,18-19H,9,17H2,1H3. The third-order valence-corrected chi connectivity index (χ3v) is 3.47. The van der Waals surface area contributed by atoms with Crippen LogP contribution >= 0.6 is 0 Å². The molecule has 0 amide bonds. The van der Waals surface area contributed by atoms with Crippen LogP contribution < -0.4 is 15.2 Å². The van der Waals surface area contributed by atoms with Gasteiger partial charge in [0.25, 0.3) is 0 Å². The summed E-state index contributed by atoms with van der Waals surface area (Å²) in [6, 6.07) is 10.1. The molecule has 0 aliphatic heterocycles. The van der Waals surface area contributed by atoms with Crippen LogP contribution in [0.2, 0.25) is 0 Å². The molecule has 0 spiro atoms. The molecule has 0 saturated carbocycles. The van der Waals surface area contributed by atoms with Crippen LogP contribution in [0, 0.1) is 5.82 Å². The van der Waals surface area contributed by atoms with Crippen molar-refractivity contribution in [2.75, 3.05) is 12.0 Å². The fraction of sp³-hybridized carbons (Fsp3) is 0.200. The van der Waals surface area contributed by atoms with E-state index in [9.17, 15) is 17.9 Å². The Labute approximate surface area is 133 Å². The molecule has 124 valence electrons. The smallest absolute Gasteiger partial charge is 0.306 e. The molecule has 0 aliphatic carbocycles. The molecule has 0 saturated heterocycles. The van der Waals surface area contributed by atoms with Crippen molar-refractivity contribution in [1.29, 1.82) is 0 Å². The summed E-state index contributed by atoms with van der Waals surface area (Å²) in [7, 11) is -3.76. The Morgan fingerprint density at radius 3 is 2.52 bits per heavy atom. The number of nitrogens with two attached hydrogens (primary N) is 1. The van der Waals surface area contributed by atoms with Gasteiger partial charge in [-0.2, -0.15) is 8.42 Å². The van der Waals surface area contributed by atoms with E-state index >= 15 is 0 Å². The minimum atomic E-state index is -3.76. The van der Waals surface area contributed by atoms with Crippen molar-refractivity contribution in [3.8, 4) is 5.75 Å². The predicted octanol–water partition coefficient (Wildman–Crippen LogP) is 1.53. The highest BCUT2D eigenvalue weighted by Gasteiger charge is 2.17. The van der Waals surface area contributed by atoms with E-state index in [1.165, 1.54) is 30.3 Å². The highest BCUT2D eigenvalue weighted by molar-refractivity contribution is 7.86. The van der Waals surface area contributed by atoms with Gasteiger partial charge < -0.3 is 15.0 Å². The van der Waals surface area contributed by atoms with Crippen molar-refractivity contribution in [3.63, 3.8) is 0 Å². The number of hydrogen-bond acceptors (Lipinski definition) is 6. The largest absolute Gasteiger partial charge is 0.399 e. The van der Waals surface area contributed by atoms with Crippen molar-refractivity contribution in [1.82, 2.24) is 5.32 Å². The molecule has 4 N–H and O–H groups in total. The molecule has 8 heteroatoms. The van der Waals surface area contributed by atoms with E-state index in [1.807, 2.05) is 0 Å². The highest BCUT2D eigenvalue weighted by Crippen LogP contribution is 2.27. The predicted molar refractivity (Wildman–Crippen MR) is 84.5 cm³/mol. The van der Waals surface area contributed by atoms with E-state index in [-0.39, 0.29) is 23.7 Å². The second-order valence-electron chi connectivity index (χ2n) is 4.99. The van der Waals surface area contributed by atoms with Crippen molar-refractivity contribution >= 4 is 15.8 Å². The summed E-state index contributed by atoms with van der Waals surface area (Å²) in [5, 5.41) is 13.0. The summed E-state index contributed by atoms with van der Waals surface area (Å²) in [5.41, 5.74) is 6.90. The van der Waals surface area contributed by atoms with Gasteiger partial charge in [0, 0.05) is 23.9 Å². The summed E-state index contributed by atoms with van der Waals surface area (Å²) in [5.74, 6) is -0.400. The molecule has 2 aromatic rings. The maximum Gasteiger partial charge on any atom is 0.306 e. The molecule has 0 aromatic heterocycles. The number of aliphatic hydroxyl groups excluding tert-OH is 1. The molecule has 0 heterocycles. The van der Waals surface area contributed by atoms with Gasteiger partial charge in [0.15, 0.2) is 5.75 Å². The van der Waals surface area contributed by atoms with Crippen LogP contribution in [-0.4, -0.2) is 19.8 Å². The average Bonchev–Trinajstić information content (AvgIpc) is 2.45. The molecule has 0 radical (unpaired) electrons. The van der Waals surface area contributed by atoms with E-state index < -0.39 is 16.3 Å². The molecule has 2 aromatic carbocycles. The van der Waals surface area contributed by atoms with Gasteiger partial charge in [0.1, 0.15) is 12.0 Å². The normalized spacial score (nSPS) is 12.8. The Balaban J connectivity index is 2.15. The third kappa shape index (κ3) is 5.20. The third-order valence-electron chi connectivity index (χ3n) is 2.99. The first-order chi connectivity index (χ1) is 10.7. The first kappa shape index (κ1) is 17.2. The Morgan fingerprint density at radius 1 is 1.26 bits per heavy atom. The van der Waals surface area contributed by atoms with Gasteiger partial charge in [-0.25, -0.2) is 4.39 Å². The summed E-state index contributed by atoms with van der Waals surface area (Å²) >= 11 is 0. The number of halogens is 1. The zero-order valence-electron chi connectivity index (χ0n) is 12.4. The number of nitrogen functional groups attached to an aromatic ring is 1. The van der Waals surface area contributed by atoms with Crippen LogP contribution in [-0.2, 0) is 16.7 Å². The molecule has 0 fully saturated rings. The molecular formula is C15H17FN2O4S. The van der Waals surface area contributed by atoms with Crippen molar-refractivity contribution in [2.45, 2.75) is 12.8 Å². The number of hydrogen-bond donors (Lipinski definition) is 3. The monoisotopic (exact) mass is 340 g/mol. The van der Waals surface area contributed by atoms with Crippen LogP contribution in [0.1, 0.15) is 17.4 Å². The molecule has 1 atom stereocenters. The number of aliphatic hydroxyl groups is 1. The fourth-order valence-corrected chi connectivity index (χ4v) is 2.41. The fourth-order valence-electron chi connectivity index (χ4n) is 1.94. The first-order valence-corrected chi connectivity index (χ1v) is 8.51. The molecule has 0 bridgehead atoms. The van der Waals surface area contributed by atoms with Gasteiger partial charge in [0.05, 0.1) is 6.26 Å². The molecule has 0 aliphatic rings. The second-order valence-corrected chi connectivity index (χ2v) is 6.57. The van der Waals surface area contributed by atoms with Crippen LogP contribution in [0.3, 0.4) is 0 Å². The first-order valence-electron chi connectivity index (χ1n) is 6.69. The minimum absolute atomic E-state index is 0.0494. The molecule has 1 unspecified atom stereocenters. The topological polar surface area (TPSA) is 102 Å². The van der Waals surface area contributed by atoms with Crippen molar-refractivity contribution < 1.29 is 22.1 Å². The molecule has 2 rings (SSSR count). The lowest BCUT2D eigenvalue weighted by Gasteiger charge is -2.17. The van der Waals surface area contributed by atoms with E-state index in [4.69, 9.17) is 9.92 Å². The average molecular weight is 340 g/mol.